The van der Waals surface area contributed by atoms with Crippen LogP contribution in [0.25, 0.3) is 16.0 Å². The number of amides is 5. The predicted octanol–water partition coefficient (Wildman–Crippen LogP) is 12.4. The number of nitrogens with zero attached hydrogens (tertiary/aromatic N) is 6. The number of nitrogens with one attached hydrogen (secondary N) is 4. The number of rotatable bonds is 28. The number of thioether (sulfide) groups is 1. The third kappa shape index (κ3) is 21.1. The van der Waals surface area contributed by atoms with E-state index in [0.717, 1.165) is 83.3 Å². The molecule has 28 heteroatoms. The number of aliphatic hydroxyl groups excluding tert-OH is 1. The molecule has 5 atom stereocenters. The normalized spacial score (nSPS) is 18.7. The Morgan fingerprint density at radius 2 is 1.45 bits per heavy atom. The van der Waals surface area contributed by atoms with Gasteiger partial charge in [0.25, 0.3) is 25.8 Å². The topological polar surface area (TPSA) is 251 Å². The number of halogens is 4. The molecule has 0 spiro atoms. The standard InChI is InChI=1S/C77H96ClF3N10O10S4/c1-51(53-18-20-55(21-19-53)70-52(2)82-50-103-70)83-73(96)66-44-61(92)48-91(66)74(97)71(75(3,4)5)85-68(93)16-12-9-13-17-69(94)90-42-36-87(37-43-90)35-33-59(49-102-62-14-10-8-11-15-62)84-65-31-30-63(45-67(65)104(98,99)77(79,80)81)105(100,101)86-72(95)56-24-28-60(29-25-56)89-40-38-88(39-41-89)47-57-46-76(6,7)34-32-64(57)54-22-26-58(78)27-23-54/h8,10-11,14-15,18-31,45,50-51,59,61,66,71,84,92H,9,12-13,16-17,32-44,46-49H2,1-7H3,(H,83,96)(H,85,93)(H,86,95). The minimum absolute atomic E-state index is 0.0422. The lowest BCUT2D eigenvalue weighted by Gasteiger charge is -2.39. The van der Waals surface area contributed by atoms with Crippen LogP contribution in [0.1, 0.15) is 139 Å². The van der Waals surface area contributed by atoms with Crippen LogP contribution in [0.2, 0.25) is 5.02 Å². The number of anilines is 2. The van der Waals surface area contributed by atoms with Gasteiger partial charge in [0.05, 0.1) is 38.8 Å². The highest BCUT2D eigenvalue weighted by Gasteiger charge is 2.49. The number of aromatic nitrogens is 1. The third-order valence-corrected chi connectivity index (χ3v) is 25.4. The molecule has 566 valence electrons. The summed E-state index contributed by atoms with van der Waals surface area (Å²) < 4.78 is 100. The number of piperazine rings is 2. The number of carbonyl (C=O) groups is 5. The quantitative estimate of drug-likeness (QED) is 0.0226. The zero-order valence-electron chi connectivity index (χ0n) is 60.5. The van der Waals surface area contributed by atoms with Crippen LogP contribution < -0.4 is 25.6 Å². The maximum Gasteiger partial charge on any atom is 0.501 e. The molecule has 5 aromatic carbocycles. The lowest BCUT2D eigenvalue weighted by Crippen LogP contribution is -2.57. The molecule has 1 aromatic heterocycles. The molecule has 0 bridgehead atoms. The van der Waals surface area contributed by atoms with Gasteiger partial charge in [0.15, 0.2) is 0 Å². The van der Waals surface area contributed by atoms with Gasteiger partial charge in [0.2, 0.25) is 23.6 Å². The Balaban J connectivity index is 0.690. The molecule has 3 fully saturated rings. The largest absolute Gasteiger partial charge is 0.501 e. The van der Waals surface area contributed by atoms with Gasteiger partial charge in [-0.1, -0.05) is 113 Å². The van der Waals surface area contributed by atoms with Gasteiger partial charge in [-0.3, -0.25) is 33.8 Å². The molecule has 3 saturated heterocycles. The van der Waals surface area contributed by atoms with Crippen LogP contribution in [0, 0.1) is 17.8 Å². The van der Waals surface area contributed by atoms with E-state index >= 15 is 0 Å². The molecule has 4 aliphatic rings. The summed E-state index contributed by atoms with van der Waals surface area (Å²) in [6.07, 6.45) is 4.33. The Morgan fingerprint density at radius 3 is 2.10 bits per heavy atom. The highest BCUT2D eigenvalue weighted by atomic mass is 35.5. The van der Waals surface area contributed by atoms with E-state index in [0.29, 0.717) is 82.6 Å². The first-order valence-electron chi connectivity index (χ1n) is 35.8. The number of likely N-dealkylation sites (tertiary alicyclic amines) is 1. The zero-order chi connectivity index (χ0) is 75.6. The number of allylic oxidation sites excluding steroid dienone is 1. The van der Waals surface area contributed by atoms with Crippen LogP contribution in [-0.2, 0) is 39.0 Å². The van der Waals surface area contributed by atoms with Crippen LogP contribution >= 0.6 is 34.7 Å². The number of hydrogen-bond donors (Lipinski definition) is 5. The molecular formula is C77H96ClF3N10O10S4. The van der Waals surface area contributed by atoms with Crippen molar-refractivity contribution in [3.05, 3.63) is 160 Å². The highest BCUT2D eigenvalue weighted by molar-refractivity contribution is 7.99. The van der Waals surface area contributed by atoms with Gasteiger partial charge in [-0.2, -0.15) is 13.2 Å². The van der Waals surface area contributed by atoms with Crippen molar-refractivity contribution in [2.24, 2.45) is 10.8 Å². The number of thiazole rings is 1. The first-order chi connectivity index (χ1) is 49.7. The van der Waals surface area contributed by atoms with Crippen molar-refractivity contribution in [2.75, 3.05) is 88.0 Å². The van der Waals surface area contributed by atoms with Gasteiger partial charge >= 0.3 is 5.51 Å². The third-order valence-electron chi connectivity index (χ3n) is 20.2. The van der Waals surface area contributed by atoms with Gasteiger partial charge in [-0.15, -0.1) is 23.1 Å². The van der Waals surface area contributed by atoms with E-state index in [2.05, 4.69) is 61.6 Å². The Kier molecular flexibility index (Phi) is 26.5. The molecular weight excluding hydrogens is 1450 g/mol. The lowest BCUT2D eigenvalue weighted by atomic mass is 9.73. The monoisotopic (exact) mass is 1540 g/mol. The minimum atomic E-state index is -6.18. The number of alkyl halides is 3. The summed E-state index contributed by atoms with van der Waals surface area (Å²) in [6, 6.07) is 30.8. The van der Waals surface area contributed by atoms with Gasteiger partial charge in [-0.05, 0) is 152 Å². The lowest BCUT2D eigenvalue weighted by molar-refractivity contribution is -0.144. The second-order valence-electron chi connectivity index (χ2n) is 29.7. The van der Waals surface area contributed by atoms with Crippen molar-refractivity contribution in [1.29, 1.82) is 0 Å². The number of sulfonamides is 1. The Morgan fingerprint density at radius 1 is 0.790 bits per heavy atom. The summed E-state index contributed by atoms with van der Waals surface area (Å²) in [4.78, 5) is 82.6. The number of aryl methyl sites for hydroxylation is 1. The second-order valence-corrected chi connectivity index (χ2v) is 35.7. The summed E-state index contributed by atoms with van der Waals surface area (Å²) in [5.41, 5.74) is 2.51. The smallest absolute Gasteiger partial charge is 0.391 e. The van der Waals surface area contributed by atoms with Gasteiger partial charge < -0.3 is 35.8 Å². The Bertz CT molecular complexity index is 4300. The average Bonchev–Trinajstić information content (AvgIpc) is 0.849. The van der Waals surface area contributed by atoms with E-state index in [4.69, 9.17) is 11.6 Å². The first kappa shape index (κ1) is 80.2. The molecule has 105 heavy (non-hydrogen) atoms. The minimum Gasteiger partial charge on any atom is -0.391 e. The molecule has 5 N–H and O–H groups in total. The Labute approximate surface area is 628 Å². The molecule has 20 nitrogen and oxygen atoms in total. The van der Waals surface area contributed by atoms with Crippen molar-refractivity contribution >= 4 is 101 Å². The number of carbonyl (C=O) groups excluding carboxylic acids is 5. The van der Waals surface area contributed by atoms with Crippen molar-refractivity contribution in [3.63, 3.8) is 0 Å². The van der Waals surface area contributed by atoms with Crippen LogP contribution in [-0.4, -0.2) is 184 Å². The van der Waals surface area contributed by atoms with E-state index in [-0.39, 0.29) is 54.4 Å². The molecule has 1 aliphatic carbocycles. The van der Waals surface area contributed by atoms with Gasteiger partial charge in [0.1, 0.15) is 17.0 Å². The summed E-state index contributed by atoms with van der Waals surface area (Å²) in [5.74, 6) is -2.10. The van der Waals surface area contributed by atoms with E-state index in [9.17, 15) is 59.1 Å². The van der Waals surface area contributed by atoms with Crippen molar-refractivity contribution in [2.45, 2.75) is 163 Å². The van der Waals surface area contributed by atoms with Gasteiger partial charge in [-0.25, -0.2) is 26.5 Å². The van der Waals surface area contributed by atoms with E-state index < -0.39 is 94.3 Å². The molecule has 5 unspecified atom stereocenters. The number of β-amino-alcohol motifs (C(OH)–C–C–N with tert-alkyl or cyclic N) is 1. The fraction of sp³-hybridized carbons (Fsp3) is 0.481. The van der Waals surface area contributed by atoms with Crippen LogP contribution in [0.5, 0.6) is 0 Å². The van der Waals surface area contributed by atoms with E-state index in [1.54, 1.807) is 33.9 Å². The fourth-order valence-corrected chi connectivity index (χ4v) is 18.0. The summed E-state index contributed by atoms with van der Waals surface area (Å²) in [7, 11) is -11.1. The first-order valence-corrected chi connectivity index (χ1v) is 41.0. The SMILES string of the molecule is Cc1ncsc1-c1ccc(C(C)NC(=O)C2CC(O)CN2C(=O)C(NC(=O)CCCCCC(=O)N2CCN(CCC(CSc3ccccc3)Nc3ccc(S(=O)(=O)NC(=O)c4ccc(N5CCN(CC6=C(c7ccc(Cl)cc7)CCC(C)(C)C6)CC5)cc4)cc3S(=O)(=O)C(F)(F)F)CC2)C(C)(C)C)cc1. The number of hydrogen-bond acceptors (Lipinski definition) is 17. The van der Waals surface area contributed by atoms with E-state index in [1.807, 2.05) is 106 Å². The van der Waals surface area contributed by atoms with Crippen molar-refractivity contribution in [3.8, 4) is 10.4 Å². The van der Waals surface area contributed by atoms with Crippen molar-refractivity contribution in [1.82, 2.24) is 39.9 Å². The number of unbranched alkanes of at least 4 members (excludes halogenated alkanes) is 2. The summed E-state index contributed by atoms with van der Waals surface area (Å²) >= 11 is 9.17. The molecule has 10 rings (SSSR count). The van der Waals surface area contributed by atoms with Crippen LogP contribution in [0.15, 0.2) is 147 Å². The maximum atomic E-state index is 14.6. The maximum absolute atomic E-state index is 14.6. The molecule has 3 aliphatic heterocycles. The fourth-order valence-electron chi connectivity index (χ4n) is 14.0. The molecule has 0 radical (unpaired) electrons. The van der Waals surface area contributed by atoms with Crippen molar-refractivity contribution < 1.29 is 59.1 Å². The molecule has 0 saturated carbocycles. The second kappa shape index (κ2) is 34.7. The number of sulfone groups is 1. The molecule has 5 amide bonds. The number of benzene rings is 5. The summed E-state index contributed by atoms with van der Waals surface area (Å²) in [6.45, 7) is 19.8. The average molecular weight is 1540 g/mol. The van der Waals surface area contributed by atoms with Crippen LogP contribution in [0.4, 0.5) is 24.5 Å². The van der Waals surface area contributed by atoms with Gasteiger partial charge in [0, 0.05) is 124 Å². The zero-order valence-corrected chi connectivity index (χ0v) is 64.5. The predicted molar refractivity (Wildman–Crippen MR) is 407 cm³/mol. The van der Waals surface area contributed by atoms with E-state index in [1.165, 1.54) is 45.5 Å². The molecule has 4 heterocycles. The molecule has 6 aromatic rings. The number of aliphatic hydroxyl groups is 1. The highest BCUT2D eigenvalue weighted by Crippen LogP contribution is 2.44. The Hall–Kier alpha value is -7.37. The van der Waals surface area contributed by atoms with Crippen LogP contribution in [0.3, 0.4) is 0 Å². The summed E-state index contributed by atoms with van der Waals surface area (Å²) in [5, 5.41) is 20.4.